The van der Waals surface area contributed by atoms with Crippen molar-refractivity contribution < 1.29 is 99.2 Å². The summed E-state index contributed by atoms with van der Waals surface area (Å²) >= 11 is 0. The number of aliphatic carboxylic acids is 4. The van der Waals surface area contributed by atoms with Crippen molar-refractivity contribution in [2.45, 2.75) is 55.4 Å². The van der Waals surface area contributed by atoms with Crippen molar-refractivity contribution in [3.05, 3.63) is 0 Å². The van der Waals surface area contributed by atoms with E-state index >= 15 is 0 Å². The topological polar surface area (TPSA) is 310 Å². The minimum atomic E-state index is -3.20. The Morgan fingerprint density at radius 1 is 0.444 bits per heavy atom. The number of carbonyl (C=O) groups is 4. The minimum Gasteiger partial charge on any atom is -0.550 e. The smallest absolute Gasteiger partial charge is 0.550 e. The predicted molar refractivity (Wildman–Crippen MR) is 158 cm³/mol. The number of carbonyl (C=O) groups excluding carboxylic acids is 4. The van der Waals surface area contributed by atoms with Crippen LogP contribution in [0, 0.1) is 23.7 Å². The molecule has 0 aliphatic heterocycles. The standard InChI is InChI=1S/4C6H13O4P.Ti/c4*1-3-11(9,10)4-5(2)6(7)8;/h4*5H,3-4H2,1-2H3,(H,7,8)(H,9,10);/q;;;;+4/p-4. The number of hydrogen-bond acceptors (Lipinski definition) is 12. The molecule has 0 saturated carbocycles. The maximum Gasteiger partial charge on any atom is 4.00 e. The molecule has 0 aromatic heterocycles. The Morgan fingerprint density at radius 2 is 0.556 bits per heavy atom. The van der Waals surface area contributed by atoms with E-state index in [4.69, 9.17) is 19.6 Å². The molecule has 0 spiro atoms. The van der Waals surface area contributed by atoms with E-state index in [-0.39, 0.29) is 71.0 Å². The number of hydrogen-bond donors (Lipinski definition) is 4. The van der Waals surface area contributed by atoms with E-state index in [2.05, 4.69) is 0 Å². The van der Waals surface area contributed by atoms with E-state index in [1.807, 2.05) is 0 Å². The second-order valence-electron chi connectivity index (χ2n) is 10.3. The van der Waals surface area contributed by atoms with Crippen molar-refractivity contribution in [1.29, 1.82) is 0 Å². The quantitative estimate of drug-likeness (QED) is 0.104. The van der Waals surface area contributed by atoms with E-state index in [9.17, 15) is 57.9 Å². The predicted octanol–water partition coefficient (Wildman–Crippen LogP) is -1.35. The van der Waals surface area contributed by atoms with Gasteiger partial charge in [0.05, 0.1) is 0 Å². The van der Waals surface area contributed by atoms with Gasteiger partial charge in [-0.2, -0.15) is 0 Å². The average molecular weight is 764 g/mol. The van der Waals surface area contributed by atoms with E-state index in [0.29, 0.717) is 0 Å². The maximum atomic E-state index is 11.0. The van der Waals surface area contributed by atoms with Crippen molar-refractivity contribution in [2.75, 3.05) is 49.3 Å². The molecule has 0 heterocycles. The summed E-state index contributed by atoms with van der Waals surface area (Å²) in [6, 6.07) is 0. The summed E-state index contributed by atoms with van der Waals surface area (Å²) in [5.74, 6) is -8.45. The normalized spacial score (nSPS) is 18.4. The van der Waals surface area contributed by atoms with Crippen molar-refractivity contribution >= 4 is 53.4 Å². The molecule has 0 aromatic carbocycles. The molecule has 0 saturated heterocycles. The molecule has 0 radical (unpaired) electrons. The summed E-state index contributed by atoms with van der Waals surface area (Å²) < 4.78 is 43.8. The Bertz CT molecular complexity index is 931. The van der Waals surface area contributed by atoms with Gasteiger partial charge in [0.1, 0.15) is 0 Å². The Morgan fingerprint density at radius 3 is 0.622 bits per heavy atom. The van der Waals surface area contributed by atoms with Gasteiger partial charge in [-0.1, -0.05) is 55.4 Å². The fraction of sp³-hybridized carbons (Fsp3) is 0.833. The summed E-state index contributed by atoms with van der Waals surface area (Å²) in [5, 5.41) is 40.6. The van der Waals surface area contributed by atoms with Crippen molar-refractivity contribution in [1.82, 2.24) is 0 Å². The SMILES string of the molecule is CCP(=O)(O)CC(C)C(=O)[O-].CCP(=O)(O)CC(C)C(=O)[O-].CCP(=O)(O)CC(C)C(=O)[O-].CCP(=O)(O)CC(C)C(=O)[O-].[Ti+4]. The summed E-state index contributed by atoms with van der Waals surface area (Å²) in [6.07, 6.45) is -0.292. The number of rotatable bonds is 16. The van der Waals surface area contributed by atoms with Gasteiger partial charge in [0, 0.05) is 96.8 Å². The van der Waals surface area contributed by atoms with E-state index in [1.54, 1.807) is 27.7 Å². The molecule has 0 aromatic rings. The molecule has 0 aliphatic rings. The summed E-state index contributed by atoms with van der Waals surface area (Å²) in [5.41, 5.74) is 0. The van der Waals surface area contributed by atoms with Crippen LogP contribution in [-0.4, -0.2) is 92.7 Å². The summed E-state index contributed by atoms with van der Waals surface area (Å²) in [7, 11) is -12.8. The summed E-state index contributed by atoms with van der Waals surface area (Å²) in [6.45, 7) is 11.7. The van der Waals surface area contributed by atoms with E-state index in [0.717, 1.165) is 0 Å². The van der Waals surface area contributed by atoms with Crippen LogP contribution in [0.4, 0.5) is 0 Å². The first-order chi connectivity index (χ1) is 19.6. The molecule has 0 rings (SSSR count). The third kappa shape index (κ3) is 33.1. The Balaban J connectivity index is -0.000000157. The van der Waals surface area contributed by atoms with Crippen molar-refractivity contribution in [2.24, 2.45) is 23.7 Å². The van der Waals surface area contributed by atoms with Crippen molar-refractivity contribution in [3.8, 4) is 0 Å². The van der Waals surface area contributed by atoms with E-state index in [1.165, 1.54) is 27.7 Å². The van der Waals surface area contributed by atoms with Gasteiger partial charge < -0.3 is 59.2 Å². The summed E-state index contributed by atoms with van der Waals surface area (Å²) in [4.78, 5) is 76.6. The fourth-order valence-corrected chi connectivity index (χ4v) is 7.58. The molecule has 21 heteroatoms. The molecule has 45 heavy (non-hydrogen) atoms. The Hall–Kier alpha value is -0.646. The minimum absolute atomic E-state index is 0. The Kier molecular flexibility index (Phi) is 30.4. The van der Waals surface area contributed by atoms with Gasteiger partial charge in [-0.3, -0.25) is 18.3 Å². The first kappa shape index (κ1) is 53.8. The van der Waals surface area contributed by atoms with Crippen LogP contribution in [0.5, 0.6) is 0 Å². The molecule has 8 atom stereocenters. The first-order valence-corrected chi connectivity index (χ1v) is 21.7. The molecule has 8 unspecified atom stereocenters. The molecular weight excluding hydrogens is 716 g/mol. The van der Waals surface area contributed by atoms with Gasteiger partial charge in [0.15, 0.2) is 0 Å². The van der Waals surface area contributed by atoms with Crippen LogP contribution >= 0.6 is 29.5 Å². The molecule has 0 fully saturated rings. The molecule has 16 nitrogen and oxygen atoms in total. The van der Waals surface area contributed by atoms with Gasteiger partial charge in [0.25, 0.3) is 0 Å². The molecule has 4 N–H and O–H groups in total. The van der Waals surface area contributed by atoms with Crippen LogP contribution < -0.4 is 20.4 Å². The monoisotopic (exact) mass is 764 g/mol. The van der Waals surface area contributed by atoms with Gasteiger partial charge in [-0.05, 0) is 0 Å². The molecule has 0 amide bonds. The van der Waals surface area contributed by atoms with Crippen LogP contribution in [-0.2, 0) is 59.2 Å². The average Bonchev–Trinajstić information content (AvgIpc) is 2.88. The zero-order valence-corrected chi connectivity index (χ0v) is 32.1. The molecule has 0 bridgehead atoms. The van der Waals surface area contributed by atoms with Gasteiger partial charge in [0.2, 0.25) is 29.5 Å². The third-order valence-corrected chi connectivity index (χ3v) is 14.2. The van der Waals surface area contributed by atoms with Crippen LogP contribution in [0.15, 0.2) is 0 Å². The van der Waals surface area contributed by atoms with Crippen LogP contribution in [0.1, 0.15) is 55.4 Å². The zero-order chi connectivity index (χ0) is 36.3. The van der Waals surface area contributed by atoms with Crippen LogP contribution in [0.25, 0.3) is 0 Å². The number of carboxylic acid groups (broad SMARTS) is 4. The van der Waals surface area contributed by atoms with Crippen molar-refractivity contribution in [3.63, 3.8) is 0 Å². The molecule has 0 aliphatic carbocycles. The first-order valence-electron chi connectivity index (χ1n) is 13.6. The number of carboxylic acids is 4. The Labute approximate surface area is 280 Å². The van der Waals surface area contributed by atoms with Crippen LogP contribution in [0.2, 0.25) is 0 Å². The third-order valence-electron chi connectivity index (χ3n) is 5.82. The van der Waals surface area contributed by atoms with Gasteiger partial charge in [-0.25, -0.2) is 0 Å². The van der Waals surface area contributed by atoms with Gasteiger partial charge in [-0.15, -0.1) is 0 Å². The van der Waals surface area contributed by atoms with Gasteiger partial charge >= 0.3 is 21.7 Å². The molecule has 264 valence electrons. The van der Waals surface area contributed by atoms with Crippen LogP contribution in [0.3, 0.4) is 0 Å². The van der Waals surface area contributed by atoms with E-state index < -0.39 is 77.0 Å². The molecular formula is C24H48O16P4Ti. The second kappa shape index (κ2) is 25.4. The maximum absolute atomic E-state index is 11.0. The fourth-order valence-electron chi connectivity index (χ4n) is 2.53. The second-order valence-corrected chi connectivity index (χ2v) is 21.0. The largest absolute Gasteiger partial charge is 4.00 e. The zero-order valence-electron chi connectivity index (χ0n) is 26.9.